The van der Waals surface area contributed by atoms with Crippen molar-refractivity contribution < 1.29 is 27.5 Å². The molecule has 1 aromatic rings. The van der Waals surface area contributed by atoms with Crippen molar-refractivity contribution in [1.29, 1.82) is 0 Å². The molecule has 0 radical (unpaired) electrons. The number of hydrogen-bond acceptors (Lipinski definition) is 6. The molecule has 0 aliphatic heterocycles. The summed E-state index contributed by atoms with van der Waals surface area (Å²) in [6.07, 6.45) is 1.81. The Morgan fingerprint density at radius 3 is 2.24 bits per heavy atom. The first-order chi connectivity index (χ1) is 9.92. The number of amides is 1. The molecule has 0 saturated heterocycles. The number of nitrogens with one attached hydrogen (secondary N) is 1. The highest BCUT2D eigenvalue weighted by molar-refractivity contribution is 7.90. The van der Waals surface area contributed by atoms with E-state index in [1.54, 1.807) is 10.8 Å². The Morgan fingerprint density at radius 1 is 1.10 bits per heavy atom. The maximum atomic E-state index is 11.8. The van der Waals surface area contributed by atoms with Crippen LogP contribution in [0.4, 0.5) is 4.79 Å². The van der Waals surface area contributed by atoms with Crippen LogP contribution in [-0.2, 0) is 24.3 Å². The lowest BCUT2D eigenvalue weighted by Gasteiger charge is -2.06. The number of rotatable bonds is 6. The minimum absolute atomic E-state index is 0.0349. The molecule has 114 valence electrons. The first-order valence-electron chi connectivity index (χ1n) is 5.95. The maximum absolute atomic E-state index is 11.8. The monoisotopic (exact) mass is 313 g/mol. The first-order valence-corrected chi connectivity index (χ1v) is 7.43. The fourth-order valence-corrected chi connectivity index (χ4v) is 2.13. The molecule has 8 heteroatoms. The molecule has 21 heavy (non-hydrogen) atoms. The van der Waals surface area contributed by atoms with Crippen molar-refractivity contribution in [3.63, 3.8) is 0 Å². The van der Waals surface area contributed by atoms with Gasteiger partial charge in [0.05, 0.1) is 4.90 Å². The average Bonchev–Trinajstić information content (AvgIpc) is 2.43. The van der Waals surface area contributed by atoms with E-state index in [0.29, 0.717) is 0 Å². The summed E-state index contributed by atoms with van der Waals surface area (Å²) in [5.41, 5.74) is 0. The zero-order valence-electron chi connectivity index (χ0n) is 11.3. The molecule has 7 nitrogen and oxygen atoms in total. The van der Waals surface area contributed by atoms with E-state index in [1.807, 2.05) is 0 Å². The van der Waals surface area contributed by atoms with Gasteiger partial charge in [-0.3, -0.25) is 4.79 Å². The average molecular weight is 313 g/mol. The van der Waals surface area contributed by atoms with Crippen LogP contribution in [-0.4, -0.2) is 33.7 Å². The number of carbonyl (C=O) groups is 2. The summed E-state index contributed by atoms with van der Waals surface area (Å²) in [6, 6.07) is 7.45. The van der Waals surface area contributed by atoms with Gasteiger partial charge in [0.25, 0.3) is 10.0 Å². The molecule has 1 aromatic carbocycles. The van der Waals surface area contributed by atoms with E-state index in [2.05, 4.69) is 9.47 Å². The summed E-state index contributed by atoms with van der Waals surface area (Å²) < 4.78 is 34.6. The van der Waals surface area contributed by atoms with Crippen molar-refractivity contribution in [2.24, 2.45) is 0 Å². The van der Waals surface area contributed by atoms with E-state index in [1.165, 1.54) is 43.3 Å². The maximum Gasteiger partial charge on any atom is 0.421 e. The highest BCUT2D eigenvalue weighted by Crippen LogP contribution is 2.06. The minimum atomic E-state index is -3.94. The molecule has 1 N–H and O–H groups in total. The number of esters is 1. The van der Waals surface area contributed by atoms with Gasteiger partial charge < -0.3 is 9.47 Å². The molecular weight excluding hydrogens is 298 g/mol. The van der Waals surface area contributed by atoms with Crippen molar-refractivity contribution in [3.8, 4) is 0 Å². The van der Waals surface area contributed by atoms with Gasteiger partial charge in [-0.2, -0.15) is 0 Å². The third-order valence-electron chi connectivity index (χ3n) is 2.13. The van der Waals surface area contributed by atoms with Crippen LogP contribution in [0.3, 0.4) is 0 Å². The molecule has 0 fully saturated rings. The lowest BCUT2D eigenvalue weighted by molar-refractivity contribution is -0.139. The number of ether oxygens (including phenoxy) is 2. The molecule has 0 aliphatic carbocycles. The van der Waals surface area contributed by atoms with Crippen molar-refractivity contribution in [2.45, 2.75) is 11.8 Å². The summed E-state index contributed by atoms with van der Waals surface area (Å²) in [5, 5.41) is 0. The Hall–Kier alpha value is -2.35. The van der Waals surface area contributed by atoms with E-state index in [-0.39, 0.29) is 18.1 Å². The van der Waals surface area contributed by atoms with Crippen LogP contribution in [0, 0.1) is 0 Å². The van der Waals surface area contributed by atoms with Crippen molar-refractivity contribution in [3.05, 3.63) is 42.5 Å². The summed E-state index contributed by atoms with van der Waals surface area (Å²) in [6.45, 7) is 1.19. The first kappa shape index (κ1) is 16.7. The van der Waals surface area contributed by atoms with Gasteiger partial charge in [-0.25, -0.2) is 17.9 Å². The Kier molecular flexibility index (Phi) is 6.41. The zero-order valence-corrected chi connectivity index (χ0v) is 12.1. The van der Waals surface area contributed by atoms with Crippen LogP contribution >= 0.6 is 0 Å². The Morgan fingerprint density at radius 2 is 1.67 bits per heavy atom. The number of hydrogen-bond donors (Lipinski definition) is 1. The van der Waals surface area contributed by atoms with Crippen LogP contribution in [0.5, 0.6) is 0 Å². The molecule has 0 aromatic heterocycles. The van der Waals surface area contributed by atoms with Gasteiger partial charge in [0.1, 0.15) is 13.2 Å². The fraction of sp³-hybridized carbons (Fsp3) is 0.231. The SMILES string of the molecule is CC(=O)OC/C=C\COC(=O)NS(=O)(=O)c1ccccc1. The molecule has 1 amide bonds. The summed E-state index contributed by atoms with van der Waals surface area (Å²) in [7, 11) is -3.94. The Balaban J connectivity index is 2.39. The molecule has 0 heterocycles. The fourth-order valence-electron chi connectivity index (χ4n) is 1.22. The third kappa shape index (κ3) is 6.57. The zero-order chi connectivity index (χ0) is 15.7. The molecule has 1 rings (SSSR count). The van der Waals surface area contributed by atoms with E-state index >= 15 is 0 Å². The van der Waals surface area contributed by atoms with Crippen molar-refractivity contribution in [2.75, 3.05) is 13.2 Å². The Bertz CT molecular complexity index is 609. The molecular formula is C13H15NO6S. The van der Waals surface area contributed by atoms with Crippen LogP contribution < -0.4 is 4.72 Å². The third-order valence-corrected chi connectivity index (χ3v) is 3.46. The highest BCUT2D eigenvalue weighted by Gasteiger charge is 2.17. The largest absolute Gasteiger partial charge is 0.462 e. The van der Waals surface area contributed by atoms with E-state index in [0.717, 1.165) is 0 Å². The van der Waals surface area contributed by atoms with Gasteiger partial charge in [-0.1, -0.05) is 18.2 Å². The second-order valence-electron chi connectivity index (χ2n) is 3.79. The van der Waals surface area contributed by atoms with E-state index in [4.69, 9.17) is 0 Å². The summed E-state index contributed by atoms with van der Waals surface area (Å²) >= 11 is 0. The molecule has 0 bridgehead atoms. The van der Waals surface area contributed by atoms with Gasteiger partial charge in [-0.15, -0.1) is 0 Å². The van der Waals surface area contributed by atoms with Gasteiger partial charge >= 0.3 is 12.1 Å². The lowest BCUT2D eigenvalue weighted by Crippen LogP contribution is -2.31. The van der Waals surface area contributed by atoms with Crippen molar-refractivity contribution in [1.82, 2.24) is 4.72 Å². The van der Waals surface area contributed by atoms with Gasteiger partial charge in [0.15, 0.2) is 0 Å². The van der Waals surface area contributed by atoms with Crippen molar-refractivity contribution >= 4 is 22.1 Å². The lowest BCUT2D eigenvalue weighted by atomic mass is 10.4. The summed E-state index contributed by atoms with van der Waals surface area (Å²) in [4.78, 5) is 21.8. The molecule has 0 unspecified atom stereocenters. The standard InChI is InChI=1S/C13H15NO6S/c1-11(15)19-9-5-6-10-20-13(16)14-21(17,18)12-7-3-2-4-8-12/h2-8H,9-10H2,1H3,(H,14,16)/b6-5-. The van der Waals surface area contributed by atoms with Crippen LogP contribution in [0.25, 0.3) is 0 Å². The second kappa shape index (κ2) is 8.05. The van der Waals surface area contributed by atoms with Crippen LogP contribution in [0.1, 0.15) is 6.92 Å². The second-order valence-corrected chi connectivity index (χ2v) is 5.47. The van der Waals surface area contributed by atoms with E-state index in [9.17, 15) is 18.0 Å². The predicted molar refractivity (Wildman–Crippen MR) is 73.9 cm³/mol. The molecule has 0 atom stereocenters. The molecule has 0 saturated carbocycles. The van der Waals surface area contributed by atoms with Gasteiger partial charge in [0.2, 0.25) is 0 Å². The predicted octanol–water partition coefficient (Wildman–Crippen LogP) is 1.22. The summed E-state index contributed by atoms with van der Waals surface area (Å²) in [5.74, 6) is -0.424. The topological polar surface area (TPSA) is 98.8 Å². The van der Waals surface area contributed by atoms with Gasteiger partial charge in [-0.05, 0) is 24.3 Å². The van der Waals surface area contributed by atoms with Crippen LogP contribution in [0.15, 0.2) is 47.4 Å². The molecule has 0 spiro atoms. The number of sulfonamides is 1. The number of carbonyl (C=O) groups excluding carboxylic acids is 2. The normalized spacial score (nSPS) is 11.1. The highest BCUT2D eigenvalue weighted by atomic mass is 32.2. The minimum Gasteiger partial charge on any atom is -0.462 e. The van der Waals surface area contributed by atoms with E-state index < -0.39 is 22.1 Å². The van der Waals surface area contributed by atoms with Gasteiger partial charge in [0, 0.05) is 6.92 Å². The Labute approximate surface area is 122 Å². The number of benzene rings is 1. The smallest absolute Gasteiger partial charge is 0.421 e. The van der Waals surface area contributed by atoms with Crippen LogP contribution in [0.2, 0.25) is 0 Å². The molecule has 0 aliphatic rings. The quantitative estimate of drug-likeness (QED) is 0.626.